The molecule has 0 N–H and O–H groups in total. The van der Waals surface area contributed by atoms with Gasteiger partial charge in [0.25, 0.3) is 5.91 Å². The minimum absolute atomic E-state index is 0.0594. The summed E-state index contributed by atoms with van der Waals surface area (Å²) in [7, 11) is 0. The highest BCUT2D eigenvalue weighted by molar-refractivity contribution is 6.34. The van der Waals surface area contributed by atoms with Gasteiger partial charge in [0.05, 0.1) is 18.3 Å². The summed E-state index contributed by atoms with van der Waals surface area (Å²) < 4.78 is 13.9. The van der Waals surface area contributed by atoms with Crippen LogP contribution in [0.2, 0.25) is 5.02 Å². The number of hydrogen-bond acceptors (Lipinski definition) is 3. The quantitative estimate of drug-likeness (QED) is 0.715. The van der Waals surface area contributed by atoms with Crippen molar-refractivity contribution in [1.29, 1.82) is 0 Å². The lowest BCUT2D eigenvalue weighted by atomic mass is 9.98. The van der Waals surface area contributed by atoms with Crippen LogP contribution in [0.1, 0.15) is 43.4 Å². The zero-order valence-electron chi connectivity index (χ0n) is 16.5. The fourth-order valence-electron chi connectivity index (χ4n) is 4.06. The standard InChI is InChI=1S/C23H25ClFN3O/c1-16-9-11-27(12-10-16)15-23(29)28-22(17-5-4-6-18(25)13-17)14-21(26-28)19-7-2-3-8-20(19)24/h2-8,13,16,22H,9-12,14-15H2,1H3/t22-/m1/s1. The van der Waals surface area contributed by atoms with Crippen molar-refractivity contribution in [2.45, 2.75) is 32.2 Å². The molecular weight excluding hydrogens is 389 g/mol. The first kappa shape index (κ1) is 20.0. The van der Waals surface area contributed by atoms with Crippen LogP contribution in [0.3, 0.4) is 0 Å². The van der Waals surface area contributed by atoms with Crippen molar-refractivity contribution in [3.63, 3.8) is 0 Å². The molecule has 0 spiro atoms. The van der Waals surface area contributed by atoms with E-state index >= 15 is 0 Å². The number of piperidine rings is 1. The third kappa shape index (κ3) is 4.51. The van der Waals surface area contributed by atoms with E-state index in [-0.39, 0.29) is 17.8 Å². The normalized spacial score (nSPS) is 20.7. The SMILES string of the molecule is CC1CCN(CC(=O)N2N=C(c3ccccc3Cl)C[C@@H]2c2cccc(F)c2)CC1. The molecule has 2 aromatic carbocycles. The van der Waals surface area contributed by atoms with Gasteiger partial charge in [0.1, 0.15) is 5.82 Å². The van der Waals surface area contributed by atoms with Crippen molar-refractivity contribution in [3.05, 3.63) is 70.5 Å². The van der Waals surface area contributed by atoms with Crippen LogP contribution in [0.25, 0.3) is 0 Å². The fraction of sp³-hybridized carbons (Fsp3) is 0.391. The van der Waals surface area contributed by atoms with E-state index in [9.17, 15) is 9.18 Å². The summed E-state index contributed by atoms with van der Waals surface area (Å²) >= 11 is 6.37. The minimum atomic E-state index is -0.326. The number of benzene rings is 2. The highest BCUT2D eigenvalue weighted by Gasteiger charge is 2.34. The molecule has 0 bridgehead atoms. The molecular formula is C23H25ClFN3O. The van der Waals surface area contributed by atoms with E-state index in [4.69, 9.17) is 11.6 Å². The second-order valence-electron chi connectivity index (χ2n) is 8.00. The molecule has 1 amide bonds. The van der Waals surface area contributed by atoms with E-state index in [1.165, 1.54) is 17.1 Å². The second-order valence-corrected chi connectivity index (χ2v) is 8.41. The van der Waals surface area contributed by atoms with Crippen LogP contribution in [-0.2, 0) is 4.79 Å². The van der Waals surface area contributed by atoms with E-state index in [1.54, 1.807) is 6.07 Å². The van der Waals surface area contributed by atoms with Crippen LogP contribution in [-0.4, -0.2) is 41.2 Å². The highest BCUT2D eigenvalue weighted by Crippen LogP contribution is 2.34. The first-order chi connectivity index (χ1) is 14.0. The summed E-state index contributed by atoms with van der Waals surface area (Å²) in [6.45, 7) is 4.43. The number of halogens is 2. The van der Waals surface area contributed by atoms with Crippen molar-refractivity contribution < 1.29 is 9.18 Å². The Balaban J connectivity index is 1.60. The van der Waals surface area contributed by atoms with Gasteiger partial charge < -0.3 is 0 Å². The first-order valence-corrected chi connectivity index (χ1v) is 10.5. The number of likely N-dealkylation sites (tertiary alicyclic amines) is 1. The molecule has 0 unspecified atom stereocenters. The topological polar surface area (TPSA) is 35.9 Å². The Kier molecular flexibility index (Phi) is 5.97. The van der Waals surface area contributed by atoms with E-state index < -0.39 is 0 Å². The van der Waals surface area contributed by atoms with Crippen molar-refractivity contribution in [1.82, 2.24) is 9.91 Å². The Hall–Kier alpha value is -2.24. The maximum Gasteiger partial charge on any atom is 0.257 e. The van der Waals surface area contributed by atoms with Crippen molar-refractivity contribution in [2.24, 2.45) is 11.0 Å². The molecule has 1 saturated heterocycles. The van der Waals surface area contributed by atoms with Crippen LogP contribution in [0, 0.1) is 11.7 Å². The monoisotopic (exact) mass is 413 g/mol. The fourth-order valence-corrected chi connectivity index (χ4v) is 4.30. The third-order valence-corrected chi connectivity index (χ3v) is 6.15. The molecule has 2 aliphatic rings. The van der Waals surface area contributed by atoms with Gasteiger partial charge in [-0.1, -0.05) is 48.9 Å². The molecule has 2 aliphatic heterocycles. The molecule has 2 aromatic rings. The third-order valence-electron chi connectivity index (χ3n) is 5.82. The summed E-state index contributed by atoms with van der Waals surface area (Å²) in [5.74, 6) is 0.333. The van der Waals surface area contributed by atoms with Crippen LogP contribution in [0.5, 0.6) is 0 Å². The minimum Gasteiger partial charge on any atom is -0.294 e. The number of carbonyl (C=O) groups excluding carboxylic acids is 1. The predicted octanol–water partition coefficient (Wildman–Crippen LogP) is 4.89. The molecule has 0 saturated carbocycles. The molecule has 4 nitrogen and oxygen atoms in total. The van der Waals surface area contributed by atoms with Gasteiger partial charge in [-0.15, -0.1) is 0 Å². The predicted molar refractivity (Wildman–Crippen MR) is 113 cm³/mol. The number of amides is 1. The number of hydrogen-bond donors (Lipinski definition) is 0. The average Bonchev–Trinajstić information content (AvgIpc) is 3.15. The zero-order valence-corrected chi connectivity index (χ0v) is 17.3. The molecule has 6 heteroatoms. The largest absolute Gasteiger partial charge is 0.294 e. The van der Waals surface area contributed by atoms with Gasteiger partial charge in [0.15, 0.2) is 0 Å². The number of nitrogens with zero attached hydrogens (tertiary/aromatic N) is 3. The number of hydrazone groups is 1. The Morgan fingerprint density at radius 1 is 1.17 bits per heavy atom. The van der Waals surface area contributed by atoms with Crippen LogP contribution in [0.4, 0.5) is 4.39 Å². The molecule has 1 fully saturated rings. The summed E-state index contributed by atoms with van der Waals surface area (Å²) in [5, 5.41) is 6.79. The Labute approximate surface area is 176 Å². The zero-order chi connectivity index (χ0) is 20.4. The Morgan fingerprint density at radius 3 is 2.66 bits per heavy atom. The molecule has 152 valence electrons. The van der Waals surface area contributed by atoms with Gasteiger partial charge >= 0.3 is 0 Å². The highest BCUT2D eigenvalue weighted by atomic mass is 35.5. The van der Waals surface area contributed by atoms with Gasteiger partial charge in [-0.05, 0) is 55.6 Å². The van der Waals surface area contributed by atoms with Crippen molar-refractivity contribution in [3.8, 4) is 0 Å². The van der Waals surface area contributed by atoms with Gasteiger partial charge in [-0.3, -0.25) is 9.69 Å². The Morgan fingerprint density at radius 2 is 1.93 bits per heavy atom. The van der Waals surface area contributed by atoms with E-state index in [0.29, 0.717) is 23.9 Å². The Bertz CT molecular complexity index is 924. The van der Waals surface area contributed by atoms with E-state index in [2.05, 4.69) is 16.9 Å². The van der Waals surface area contributed by atoms with Crippen LogP contribution >= 0.6 is 11.6 Å². The first-order valence-electron chi connectivity index (χ1n) is 10.1. The average molecular weight is 414 g/mol. The van der Waals surface area contributed by atoms with Crippen LogP contribution < -0.4 is 0 Å². The molecule has 0 aromatic heterocycles. The summed E-state index contributed by atoms with van der Waals surface area (Å²) in [6.07, 6.45) is 2.72. The number of carbonyl (C=O) groups is 1. The number of rotatable bonds is 4. The maximum absolute atomic E-state index is 13.9. The molecule has 1 atom stereocenters. The smallest absolute Gasteiger partial charge is 0.257 e. The molecule has 0 radical (unpaired) electrons. The van der Waals surface area contributed by atoms with Gasteiger partial charge in [-0.25, -0.2) is 9.40 Å². The van der Waals surface area contributed by atoms with Gasteiger partial charge in [0, 0.05) is 17.0 Å². The molecule has 2 heterocycles. The van der Waals surface area contributed by atoms with Crippen LogP contribution in [0.15, 0.2) is 53.6 Å². The summed E-state index contributed by atoms with van der Waals surface area (Å²) in [5.41, 5.74) is 2.32. The molecule has 0 aliphatic carbocycles. The lowest BCUT2D eigenvalue weighted by Gasteiger charge is -2.31. The second kappa shape index (κ2) is 8.64. The lowest BCUT2D eigenvalue weighted by molar-refractivity contribution is -0.134. The van der Waals surface area contributed by atoms with Crippen molar-refractivity contribution in [2.75, 3.05) is 19.6 Å². The van der Waals surface area contributed by atoms with E-state index in [0.717, 1.165) is 42.8 Å². The lowest BCUT2D eigenvalue weighted by Crippen LogP contribution is -2.41. The summed E-state index contributed by atoms with van der Waals surface area (Å²) in [6, 6.07) is 13.6. The van der Waals surface area contributed by atoms with Gasteiger partial charge in [-0.2, -0.15) is 5.10 Å². The van der Waals surface area contributed by atoms with Crippen molar-refractivity contribution >= 4 is 23.2 Å². The molecule has 4 rings (SSSR count). The molecule has 29 heavy (non-hydrogen) atoms. The van der Waals surface area contributed by atoms with Gasteiger partial charge in [0.2, 0.25) is 0 Å². The van der Waals surface area contributed by atoms with E-state index in [1.807, 2.05) is 30.3 Å². The summed E-state index contributed by atoms with van der Waals surface area (Å²) in [4.78, 5) is 15.4. The maximum atomic E-state index is 13.9.